The van der Waals surface area contributed by atoms with Crippen molar-refractivity contribution in [2.24, 2.45) is 0 Å². The van der Waals surface area contributed by atoms with Crippen molar-refractivity contribution in [3.8, 4) is 0 Å². The number of carbonyl (C=O) groups excluding carboxylic acids is 1. The molecular weight excluding hydrogens is 375 g/mol. The van der Waals surface area contributed by atoms with Gasteiger partial charge in [-0.3, -0.25) is 10.1 Å². The van der Waals surface area contributed by atoms with Crippen LogP contribution in [-0.4, -0.2) is 47.9 Å². The van der Waals surface area contributed by atoms with E-state index in [0.29, 0.717) is 13.1 Å². The van der Waals surface area contributed by atoms with E-state index in [-0.39, 0.29) is 28.8 Å². The van der Waals surface area contributed by atoms with Crippen LogP contribution in [0.1, 0.15) is 5.56 Å². The van der Waals surface area contributed by atoms with E-state index in [1.165, 1.54) is 30.3 Å². The second kappa shape index (κ2) is 9.29. The first kappa shape index (κ1) is 20.6. The molecular formula is C18H20ClFN4O3. The normalized spacial score (nSPS) is 10.7. The van der Waals surface area contributed by atoms with Gasteiger partial charge in [-0.05, 0) is 37.9 Å². The lowest BCUT2D eigenvalue weighted by Crippen LogP contribution is -2.39. The van der Waals surface area contributed by atoms with Crippen LogP contribution in [0.15, 0.2) is 42.5 Å². The molecule has 0 aliphatic rings. The van der Waals surface area contributed by atoms with Crippen molar-refractivity contribution >= 4 is 29.0 Å². The molecule has 9 heteroatoms. The Bertz CT molecular complexity index is 815. The fraction of sp³-hybridized carbons (Fsp3) is 0.278. The highest BCUT2D eigenvalue weighted by molar-refractivity contribution is 6.33. The van der Waals surface area contributed by atoms with E-state index in [9.17, 15) is 19.3 Å². The number of carbonyl (C=O) groups is 1. The number of rotatable bonds is 7. The fourth-order valence-corrected chi connectivity index (χ4v) is 2.52. The molecule has 0 aliphatic heterocycles. The first-order chi connectivity index (χ1) is 12.8. The third kappa shape index (κ3) is 6.19. The molecule has 0 spiro atoms. The van der Waals surface area contributed by atoms with Crippen LogP contribution < -0.4 is 5.32 Å². The van der Waals surface area contributed by atoms with Gasteiger partial charge in [0.25, 0.3) is 5.69 Å². The highest BCUT2D eigenvalue weighted by Gasteiger charge is 2.17. The van der Waals surface area contributed by atoms with E-state index in [1.54, 1.807) is 17.0 Å². The Labute approximate surface area is 161 Å². The van der Waals surface area contributed by atoms with Gasteiger partial charge in [-0.1, -0.05) is 23.7 Å². The van der Waals surface area contributed by atoms with Gasteiger partial charge in [0.2, 0.25) is 0 Å². The van der Waals surface area contributed by atoms with E-state index in [0.717, 1.165) is 5.56 Å². The van der Waals surface area contributed by atoms with E-state index in [1.807, 2.05) is 19.0 Å². The number of benzene rings is 2. The largest absolute Gasteiger partial charge is 0.322 e. The molecule has 0 radical (unpaired) electrons. The summed E-state index contributed by atoms with van der Waals surface area (Å²) >= 11 is 6.04. The predicted octanol–water partition coefficient (Wildman–Crippen LogP) is 3.98. The summed E-state index contributed by atoms with van der Waals surface area (Å²) in [6.07, 6.45) is 0. The summed E-state index contributed by atoms with van der Waals surface area (Å²) in [6.45, 7) is 1.34. The minimum atomic E-state index is -0.560. The molecule has 0 bridgehead atoms. The molecule has 0 aromatic heterocycles. The van der Waals surface area contributed by atoms with Crippen molar-refractivity contribution in [1.29, 1.82) is 0 Å². The Kier molecular flexibility index (Phi) is 7.09. The topological polar surface area (TPSA) is 78.7 Å². The Balaban J connectivity index is 2.14. The van der Waals surface area contributed by atoms with Crippen LogP contribution >= 0.6 is 11.6 Å². The minimum Gasteiger partial charge on any atom is -0.319 e. The van der Waals surface area contributed by atoms with Gasteiger partial charge in [0.1, 0.15) is 5.82 Å². The van der Waals surface area contributed by atoms with Crippen molar-refractivity contribution in [2.75, 3.05) is 32.5 Å². The first-order valence-corrected chi connectivity index (χ1v) is 8.53. The lowest BCUT2D eigenvalue weighted by atomic mass is 10.2. The summed E-state index contributed by atoms with van der Waals surface area (Å²) in [5.74, 6) is -0.347. The van der Waals surface area contributed by atoms with Crippen LogP contribution in [0.2, 0.25) is 5.02 Å². The number of anilines is 1. The summed E-state index contributed by atoms with van der Waals surface area (Å²) in [5.41, 5.74) is 0.898. The zero-order chi connectivity index (χ0) is 20.0. The third-order valence-corrected chi connectivity index (χ3v) is 4.11. The number of halogens is 2. The van der Waals surface area contributed by atoms with Crippen LogP contribution in [0.5, 0.6) is 0 Å². The number of hydrogen-bond donors (Lipinski definition) is 1. The molecule has 1 N–H and O–H groups in total. The van der Waals surface area contributed by atoms with E-state index in [4.69, 9.17) is 11.6 Å². The number of nitrogens with zero attached hydrogens (tertiary/aromatic N) is 3. The fourth-order valence-electron chi connectivity index (χ4n) is 2.30. The van der Waals surface area contributed by atoms with Crippen LogP contribution in [0.25, 0.3) is 0 Å². The SMILES string of the molecule is CN(C)CCN(Cc1ccc(F)cc1)C(=O)Nc1ccc([N+](=O)[O-])cc1Cl. The lowest BCUT2D eigenvalue weighted by Gasteiger charge is -2.25. The van der Waals surface area contributed by atoms with Gasteiger partial charge in [0.15, 0.2) is 0 Å². The molecule has 2 aromatic rings. The number of nitro groups is 1. The zero-order valence-corrected chi connectivity index (χ0v) is 15.7. The van der Waals surface area contributed by atoms with Crippen LogP contribution in [-0.2, 0) is 6.54 Å². The molecule has 2 aromatic carbocycles. The summed E-state index contributed by atoms with van der Waals surface area (Å²) in [5, 5.41) is 13.5. The maximum Gasteiger partial charge on any atom is 0.322 e. The predicted molar refractivity (Wildman–Crippen MR) is 102 cm³/mol. The molecule has 144 valence electrons. The number of amides is 2. The molecule has 0 unspecified atom stereocenters. The number of urea groups is 1. The van der Waals surface area contributed by atoms with Crippen molar-refractivity contribution < 1.29 is 14.1 Å². The van der Waals surface area contributed by atoms with E-state index >= 15 is 0 Å². The van der Waals surface area contributed by atoms with Gasteiger partial charge in [0.05, 0.1) is 15.6 Å². The second-order valence-electron chi connectivity index (χ2n) is 6.20. The number of likely N-dealkylation sites (N-methyl/N-ethyl adjacent to an activating group) is 1. The van der Waals surface area contributed by atoms with Crippen LogP contribution in [0.3, 0.4) is 0 Å². The van der Waals surface area contributed by atoms with Gasteiger partial charge < -0.3 is 15.1 Å². The number of nitrogens with one attached hydrogen (secondary N) is 1. The van der Waals surface area contributed by atoms with Gasteiger partial charge in [-0.15, -0.1) is 0 Å². The maximum absolute atomic E-state index is 13.1. The summed E-state index contributed by atoms with van der Waals surface area (Å²) < 4.78 is 13.1. The number of hydrogen-bond acceptors (Lipinski definition) is 4. The summed E-state index contributed by atoms with van der Waals surface area (Å²) in [4.78, 5) is 26.4. The number of nitro benzene ring substituents is 1. The molecule has 0 heterocycles. The highest BCUT2D eigenvalue weighted by atomic mass is 35.5. The van der Waals surface area contributed by atoms with Gasteiger partial charge >= 0.3 is 6.03 Å². The lowest BCUT2D eigenvalue weighted by molar-refractivity contribution is -0.384. The zero-order valence-electron chi connectivity index (χ0n) is 15.0. The maximum atomic E-state index is 13.1. The standard InChI is InChI=1S/C18H20ClFN4O3/c1-22(2)9-10-23(12-13-3-5-14(20)6-4-13)18(25)21-17-8-7-15(24(26)27)11-16(17)19/h3-8,11H,9-10,12H2,1-2H3,(H,21,25). The molecule has 7 nitrogen and oxygen atoms in total. The molecule has 2 amide bonds. The minimum absolute atomic E-state index is 0.0758. The summed E-state index contributed by atoms with van der Waals surface area (Å²) in [7, 11) is 3.78. The molecule has 27 heavy (non-hydrogen) atoms. The van der Waals surface area contributed by atoms with Crippen molar-refractivity contribution in [3.05, 3.63) is 69.0 Å². The van der Waals surface area contributed by atoms with Crippen molar-refractivity contribution in [1.82, 2.24) is 9.80 Å². The van der Waals surface area contributed by atoms with E-state index < -0.39 is 11.0 Å². The molecule has 0 aliphatic carbocycles. The summed E-state index contributed by atoms with van der Waals surface area (Å²) in [6, 6.07) is 9.34. The smallest absolute Gasteiger partial charge is 0.319 e. The monoisotopic (exact) mass is 394 g/mol. The molecule has 0 atom stereocenters. The Hall–Kier alpha value is -2.71. The Morgan fingerprint density at radius 1 is 1.19 bits per heavy atom. The van der Waals surface area contributed by atoms with Crippen LogP contribution in [0, 0.1) is 15.9 Å². The average Bonchev–Trinajstić information content (AvgIpc) is 2.61. The highest BCUT2D eigenvalue weighted by Crippen LogP contribution is 2.27. The van der Waals surface area contributed by atoms with Crippen LogP contribution in [0.4, 0.5) is 20.6 Å². The number of non-ortho nitro benzene ring substituents is 1. The van der Waals surface area contributed by atoms with E-state index in [2.05, 4.69) is 5.32 Å². The molecule has 0 saturated heterocycles. The first-order valence-electron chi connectivity index (χ1n) is 8.15. The Morgan fingerprint density at radius 3 is 2.41 bits per heavy atom. The molecule has 2 rings (SSSR count). The van der Waals surface area contributed by atoms with Crippen molar-refractivity contribution in [2.45, 2.75) is 6.54 Å². The Morgan fingerprint density at radius 2 is 1.85 bits per heavy atom. The quantitative estimate of drug-likeness (QED) is 0.569. The average molecular weight is 395 g/mol. The van der Waals surface area contributed by atoms with Gasteiger partial charge in [0, 0.05) is 31.8 Å². The molecule has 0 fully saturated rings. The van der Waals surface area contributed by atoms with Gasteiger partial charge in [-0.25, -0.2) is 9.18 Å². The van der Waals surface area contributed by atoms with Gasteiger partial charge in [-0.2, -0.15) is 0 Å². The van der Waals surface area contributed by atoms with Crippen molar-refractivity contribution in [3.63, 3.8) is 0 Å². The second-order valence-corrected chi connectivity index (χ2v) is 6.61. The third-order valence-electron chi connectivity index (χ3n) is 3.80. The molecule has 0 saturated carbocycles.